The van der Waals surface area contributed by atoms with Crippen LogP contribution in [0.4, 0.5) is 0 Å². The maximum absolute atomic E-state index is 11.1. The van der Waals surface area contributed by atoms with Gasteiger partial charge in [0.2, 0.25) is 0 Å². The number of aryl methyl sites for hydroxylation is 1. The molecule has 22 heavy (non-hydrogen) atoms. The zero-order valence-electron chi connectivity index (χ0n) is 13.2. The molecule has 0 atom stereocenters. The summed E-state index contributed by atoms with van der Waals surface area (Å²) in [5, 5.41) is 0. The number of carbonyl (C=O) groups is 1. The number of hydrogen-bond acceptors (Lipinski definition) is 2. The molecule has 0 fully saturated rings. The smallest absolute Gasteiger partial charge is 0.302 e. The topological polar surface area (TPSA) is 26.3 Å². The van der Waals surface area contributed by atoms with Crippen molar-refractivity contribution in [1.29, 1.82) is 0 Å². The molecule has 0 spiro atoms. The number of carbonyl (C=O) groups excluding carboxylic acids is 1. The van der Waals surface area contributed by atoms with E-state index in [2.05, 4.69) is 49.4 Å². The third kappa shape index (κ3) is 5.21. The van der Waals surface area contributed by atoms with Gasteiger partial charge in [-0.25, -0.2) is 0 Å². The highest BCUT2D eigenvalue weighted by molar-refractivity contribution is 5.66. The van der Waals surface area contributed by atoms with Crippen molar-refractivity contribution in [3.63, 3.8) is 0 Å². The monoisotopic (exact) mass is 294 g/mol. The lowest BCUT2D eigenvalue weighted by molar-refractivity contribution is -0.139. The van der Waals surface area contributed by atoms with Crippen molar-refractivity contribution in [3.8, 4) is 0 Å². The molecule has 0 aliphatic rings. The lowest BCUT2D eigenvalue weighted by atomic mass is 10.0. The average Bonchev–Trinajstić information content (AvgIpc) is 2.54. The molecule has 2 aromatic carbocycles. The fourth-order valence-electron chi connectivity index (χ4n) is 2.33. The van der Waals surface area contributed by atoms with E-state index in [4.69, 9.17) is 4.74 Å². The van der Waals surface area contributed by atoms with Crippen LogP contribution in [0.25, 0.3) is 6.08 Å². The summed E-state index contributed by atoms with van der Waals surface area (Å²) < 4.78 is 5.20. The summed E-state index contributed by atoms with van der Waals surface area (Å²) in [6.07, 6.45) is 3.92. The maximum atomic E-state index is 11.1. The molecular formula is C20H22O2. The van der Waals surface area contributed by atoms with Crippen molar-refractivity contribution >= 4 is 12.0 Å². The van der Waals surface area contributed by atoms with Gasteiger partial charge in [-0.2, -0.15) is 0 Å². The Bertz CT molecular complexity index is 642. The van der Waals surface area contributed by atoms with Crippen LogP contribution in [-0.2, 0) is 22.4 Å². The van der Waals surface area contributed by atoms with Crippen LogP contribution in [0.2, 0.25) is 0 Å². The first-order chi connectivity index (χ1) is 10.7. The predicted molar refractivity (Wildman–Crippen MR) is 90.6 cm³/mol. The molecule has 0 saturated heterocycles. The van der Waals surface area contributed by atoms with Gasteiger partial charge in [0.25, 0.3) is 0 Å². The summed E-state index contributed by atoms with van der Waals surface area (Å²) in [5.74, 6) is -0.249. The van der Waals surface area contributed by atoms with E-state index in [0.717, 1.165) is 24.0 Å². The molecule has 0 heterocycles. The van der Waals surface area contributed by atoms with E-state index in [1.165, 1.54) is 18.1 Å². The molecule has 0 aliphatic carbocycles. The molecule has 0 unspecified atom stereocenters. The van der Waals surface area contributed by atoms with Crippen molar-refractivity contribution in [2.24, 2.45) is 0 Å². The number of esters is 1. The quantitative estimate of drug-likeness (QED) is 0.736. The lowest BCUT2D eigenvalue weighted by Crippen LogP contribution is -2.05. The highest BCUT2D eigenvalue weighted by atomic mass is 16.5. The standard InChI is InChI=1S/C20H22O2/c1-3-17-10-7-11-19(12-17)14-20(15-22-16(2)21)13-18-8-5-4-6-9-18/h4-12,14H,3,13,15H2,1-2H3. The molecule has 0 saturated carbocycles. The zero-order chi connectivity index (χ0) is 15.8. The van der Waals surface area contributed by atoms with Crippen LogP contribution >= 0.6 is 0 Å². The first-order valence-corrected chi connectivity index (χ1v) is 7.63. The second-order valence-electron chi connectivity index (χ2n) is 5.34. The van der Waals surface area contributed by atoms with Crippen LogP contribution in [0.3, 0.4) is 0 Å². The van der Waals surface area contributed by atoms with Gasteiger partial charge in [-0.05, 0) is 35.1 Å². The third-order valence-corrected chi connectivity index (χ3v) is 3.46. The molecule has 2 rings (SSSR count). The number of benzene rings is 2. The Morgan fingerprint density at radius 1 is 1.05 bits per heavy atom. The Kier molecular flexibility index (Phi) is 5.96. The Hall–Kier alpha value is -2.35. The molecular weight excluding hydrogens is 272 g/mol. The first-order valence-electron chi connectivity index (χ1n) is 7.63. The second-order valence-corrected chi connectivity index (χ2v) is 5.34. The number of hydrogen-bond donors (Lipinski definition) is 0. The third-order valence-electron chi connectivity index (χ3n) is 3.46. The molecule has 0 aliphatic heterocycles. The van der Waals surface area contributed by atoms with E-state index < -0.39 is 0 Å². The molecule has 0 amide bonds. The van der Waals surface area contributed by atoms with Gasteiger partial charge >= 0.3 is 5.97 Å². The number of rotatable bonds is 6. The van der Waals surface area contributed by atoms with E-state index >= 15 is 0 Å². The van der Waals surface area contributed by atoms with Crippen LogP contribution in [0.5, 0.6) is 0 Å². The van der Waals surface area contributed by atoms with Crippen LogP contribution < -0.4 is 0 Å². The van der Waals surface area contributed by atoms with Gasteiger partial charge in [-0.15, -0.1) is 0 Å². The predicted octanol–water partition coefficient (Wildman–Crippen LogP) is 4.44. The summed E-state index contributed by atoms with van der Waals surface area (Å²) in [5.41, 5.74) is 4.76. The van der Waals surface area contributed by atoms with Gasteiger partial charge in [-0.3, -0.25) is 4.79 Å². The minimum absolute atomic E-state index is 0.249. The number of ether oxygens (including phenoxy) is 1. The normalized spacial score (nSPS) is 11.3. The maximum Gasteiger partial charge on any atom is 0.302 e. The molecule has 0 radical (unpaired) electrons. The van der Waals surface area contributed by atoms with Gasteiger partial charge in [0.05, 0.1) is 0 Å². The minimum atomic E-state index is -0.249. The summed E-state index contributed by atoms with van der Waals surface area (Å²) in [7, 11) is 0. The van der Waals surface area contributed by atoms with Crippen molar-refractivity contribution < 1.29 is 9.53 Å². The van der Waals surface area contributed by atoms with Crippen LogP contribution in [0.15, 0.2) is 60.2 Å². The van der Waals surface area contributed by atoms with Crippen molar-refractivity contribution in [3.05, 3.63) is 76.9 Å². The Morgan fingerprint density at radius 2 is 1.77 bits per heavy atom. The van der Waals surface area contributed by atoms with Crippen molar-refractivity contribution in [1.82, 2.24) is 0 Å². The zero-order valence-corrected chi connectivity index (χ0v) is 13.2. The molecule has 0 aromatic heterocycles. The molecule has 0 bridgehead atoms. The lowest BCUT2D eigenvalue weighted by Gasteiger charge is -2.09. The largest absolute Gasteiger partial charge is 0.461 e. The van der Waals surface area contributed by atoms with E-state index in [1.54, 1.807) is 0 Å². The molecule has 2 aromatic rings. The molecule has 2 nitrogen and oxygen atoms in total. The summed E-state index contributed by atoms with van der Waals surface area (Å²) >= 11 is 0. The Balaban J connectivity index is 2.21. The Morgan fingerprint density at radius 3 is 2.45 bits per heavy atom. The van der Waals surface area contributed by atoms with Crippen LogP contribution in [0, 0.1) is 0 Å². The van der Waals surface area contributed by atoms with E-state index in [0.29, 0.717) is 6.61 Å². The average molecular weight is 294 g/mol. The minimum Gasteiger partial charge on any atom is -0.461 e. The van der Waals surface area contributed by atoms with E-state index in [1.807, 2.05) is 18.2 Å². The SMILES string of the molecule is CCc1cccc(C=C(COC(C)=O)Cc2ccccc2)c1. The van der Waals surface area contributed by atoms with Gasteiger partial charge in [0.15, 0.2) is 0 Å². The summed E-state index contributed by atoms with van der Waals surface area (Å²) in [4.78, 5) is 11.1. The fraction of sp³-hybridized carbons (Fsp3) is 0.250. The van der Waals surface area contributed by atoms with Crippen LogP contribution in [0.1, 0.15) is 30.5 Å². The van der Waals surface area contributed by atoms with Gasteiger partial charge in [-0.1, -0.05) is 67.6 Å². The van der Waals surface area contributed by atoms with Gasteiger partial charge in [0.1, 0.15) is 6.61 Å². The summed E-state index contributed by atoms with van der Waals surface area (Å²) in [6.45, 7) is 3.92. The molecule has 114 valence electrons. The second kappa shape index (κ2) is 8.18. The first kappa shape index (κ1) is 16.0. The van der Waals surface area contributed by atoms with Crippen LogP contribution in [-0.4, -0.2) is 12.6 Å². The van der Waals surface area contributed by atoms with Crippen molar-refractivity contribution in [2.75, 3.05) is 6.61 Å². The Labute approximate surface area is 132 Å². The highest BCUT2D eigenvalue weighted by Gasteiger charge is 2.04. The highest BCUT2D eigenvalue weighted by Crippen LogP contribution is 2.15. The molecule has 0 N–H and O–H groups in total. The van der Waals surface area contributed by atoms with Gasteiger partial charge < -0.3 is 4.74 Å². The summed E-state index contributed by atoms with van der Waals surface area (Å²) in [6, 6.07) is 18.7. The fourth-order valence-corrected chi connectivity index (χ4v) is 2.33. The molecule has 2 heteroatoms. The van der Waals surface area contributed by atoms with Crippen molar-refractivity contribution in [2.45, 2.75) is 26.7 Å². The van der Waals surface area contributed by atoms with E-state index in [9.17, 15) is 4.79 Å². The van der Waals surface area contributed by atoms with Gasteiger partial charge in [0, 0.05) is 6.92 Å². The van der Waals surface area contributed by atoms with E-state index in [-0.39, 0.29) is 5.97 Å².